The molecule has 198 valence electrons. The van der Waals surface area contributed by atoms with Crippen molar-refractivity contribution in [1.82, 2.24) is 10.2 Å². The number of fused-ring (bicyclic) bond motifs is 1. The van der Waals surface area contributed by atoms with Crippen molar-refractivity contribution >= 4 is 40.7 Å². The molecule has 0 unspecified atom stereocenters. The third-order valence-corrected chi connectivity index (χ3v) is 7.77. The Morgan fingerprint density at radius 3 is 2.68 bits per heavy atom. The van der Waals surface area contributed by atoms with Crippen LogP contribution in [-0.4, -0.2) is 41.9 Å². The third-order valence-electron chi connectivity index (χ3n) is 7.24. The molecular formula is C29H28Cl2FN3O3. The van der Waals surface area contributed by atoms with Gasteiger partial charge < -0.3 is 15.4 Å². The van der Waals surface area contributed by atoms with Crippen LogP contribution in [0.4, 0.5) is 10.1 Å². The number of halogens is 3. The lowest BCUT2D eigenvalue weighted by Gasteiger charge is -2.33. The molecule has 0 bridgehead atoms. The molecule has 6 nitrogen and oxygen atoms in total. The van der Waals surface area contributed by atoms with Crippen molar-refractivity contribution in [2.75, 3.05) is 18.5 Å². The minimum absolute atomic E-state index is 0.0490. The standard InChI is InChI=1S/C29H28Cl2FN3O3/c1-2-38-20-9-3-6-17(14-20)16-35-23-12-13-33-28(36)25(23)24(21-10-5-11-22(31)26(21)32)27(35)29(37)34-19-8-4-7-18(30)15-19/h3-11,14-15,23-25,27H,2,12-13,16H2,1H3,(H,33,36)(H,34,37)/t23-,24-,25+,27+/m0/s1. The van der Waals surface area contributed by atoms with Crippen LogP contribution in [0.25, 0.3) is 0 Å². The molecule has 38 heavy (non-hydrogen) atoms. The highest BCUT2D eigenvalue weighted by atomic mass is 35.5. The minimum Gasteiger partial charge on any atom is -0.494 e. The van der Waals surface area contributed by atoms with Gasteiger partial charge in [-0.05, 0) is 60.9 Å². The van der Waals surface area contributed by atoms with Crippen LogP contribution in [0.2, 0.25) is 10.0 Å². The van der Waals surface area contributed by atoms with Crippen molar-refractivity contribution < 1.29 is 18.7 Å². The zero-order chi connectivity index (χ0) is 26.8. The Morgan fingerprint density at radius 2 is 1.89 bits per heavy atom. The molecule has 3 aromatic carbocycles. The topological polar surface area (TPSA) is 70.7 Å². The monoisotopic (exact) mass is 555 g/mol. The number of hydrogen-bond acceptors (Lipinski definition) is 4. The number of nitrogens with zero attached hydrogens (tertiary/aromatic N) is 1. The minimum atomic E-state index is -0.850. The number of carbonyl (C=O) groups excluding carboxylic acids is 2. The fourth-order valence-corrected chi connectivity index (χ4v) is 6.14. The third kappa shape index (κ3) is 5.23. The quantitative estimate of drug-likeness (QED) is 0.395. The number of hydrogen-bond donors (Lipinski definition) is 2. The Balaban J connectivity index is 1.60. The molecule has 9 heteroatoms. The lowest BCUT2D eigenvalue weighted by Crippen LogP contribution is -2.49. The molecule has 5 rings (SSSR count). The van der Waals surface area contributed by atoms with Gasteiger partial charge in [0.2, 0.25) is 11.8 Å². The van der Waals surface area contributed by atoms with Gasteiger partial charge in [-0.2, -0.15) is 0 Å². The maximum absolute atomic E-state index is 15.5. The maximum Gasteiger partial charge on any atom is 0.242 e. The van der Waals surface area contributed by atoms with Crippen LogP contribution in [0.1, 0.15) is 30.4 Å². The van der Waals surface area contributed by atoms with Crippen molar-refractivity contribution in [3.63, 3.8) is 0 Å². The predicted octanol–water partition coefficient (Wildman–Crippen LogP) is 5.64. The Hall–Kier alpha value is -3.13. The summed E-state index contributed by atoms with van der Waals surface area (Å²) < 4.78 is 21.2. The summed E-state index contributed by atoms with van der Waals surface area (Å²) in [5, 5.41) is 6.30. The van der Waals surface area contributed by atoms with E-state index in [-0.39, 0.29) is 28.4 Å². The van der Waals surface area contributed by atoms with E-state index in [1.165, 1.54) is 6.07 Å². The summed E-state index contributed by atoms with van der Waals surface area (Å²) in [5.41, 5.74) is 1.69. The van der Waals surface area contributed by atoms with Gasteiger partial charge in [0.05, 0.1) is 23.6 Å². The van der Waals surface area contributed by atoms with Gasteiger partial charge in [0.25, 0.3) is 0 Å². The van der Waals surface area contributed by atoms with Crippen LogP contribution in [0.15, 0.2) is 66.7 Å². The van der Waals surface area contributed by atoms with Crippen LogP contribution < -0.4 is 15.4 Å². The molecule has 4 atom stereocenters. The van der Waals surface area contributed by atoms with Gasteiger partial charge in [-0.1, -0.05) is 53.5 Å². The normalized spacial score (nSPS) is 23.0. The average molecular weight is 556 g/mol. The Kier molecular flexibility index (Phi) is 7.88. The van der Waals surface area contributed by atoms with Crippen molar-refractivity contribution in [2.24, 2.45) is 5.92 Å². The molecule has 0 radical (unpaired) electrons. The molecule has 0 saturated carbocycles. The SMILES string of the molecule is CCOc1cccc(CN2[C@H]3CCNC(=O)[C@H]3[C@H](c3cccc(Cl)c3F)[C@@H]2C(=O)Nc2cccc(Cl)c2)c1. The first-order chi connectivity index (χ1) is 18.4. The van der Waals surface area contributed by atoms with Crippen molar-refractivity contribution in [3.8, 4) is 5.75 Å². The van der Waals surface area contributed by atoms with Gasteiger partial charge in [0.15, 0.2) is 0 Å². The molecule has 0 aliphatic carbocycles. The number of ether oxygens (including phenoxy) is 1. The molecule has 2 N–H and O–H groups in total. The summed E-state index contributed by atoms with van der Waals surface area (Å²) in [7, 11) is 0. The van der Waals surface area contributed by atoms with E-state index in [2.05, 4.69) is 10.6 Å². The Morgan fingerprint density at radius 1 is 1.11 bits per heavy atom. The average Bonchev–Trinajstić information content (AvgIpc) is 3.21. The van der Waals surface area contributed by atoms with Crippen molar-refractivity contribution in [3.05, 3.63) is 93.7 Å². The van der Waals surface area contributed by atoms with E-state index in [1.54, 1.807) is 36.4 Å². The number of anilines is 1. The zero-order valence-electron chi connectivity index (χ0n) is 20.8. The van der Waals surface area contributed by atoms with E-state index >= 15 is 4.39 Å². The number of piperidine rings is 1. The second-order valence-corrected chi connectivity index (χ2v) is 10.4. The largest absolute Gasteiger partial charge is 0.494 e. The first kappa shape index (κ1) is 26.5. The molecule has 2 saturated heterocycles. The van der Waals surface area contributed by atoms with Crippen LogP contribution in [0.5, 0.6) is 5.75 Å². The summed E-state index contributed by atoms with van der Waals surface area (Å²) in [6.07, 6.45) is 0.626. The number of benzene rings is 3. The molecule has 2 fully saturated rings. The van der Waals surface area contributed by atoms with Gasteiger partial charge in [-0.3, -0.25) is 14.5 Å². The van der Waals surface area contributed by atoms with E-state index in [1.807, 2.05) is 36.1 Å². The highest BCUT2D eigenvalue weighted by molar-refractivity contribution is 6.31. The molecule has 3 aromatic rings. The predicted molar refractivity (Wildman–Crippen MR) is 146 cm³/mol. The van der Waals surface area contributed by atoms with Gasteiger partial charge in [0.1, 0.15) is 11.6 Å². The van der Waals surface area contributed by atoms with Crippen LogP contribution in [0, 0.1) is 11.7 Å². The summed E-state index contributed by atoms with van der Waals surface area (Å²) in [4.78, 5) is 29.3. The number of likely N-dealkylation sites (tertiary alicyclic amines) is 1. The van der Waals surface area contributed by atoms with Gasteiger partial charge in [-0.25, -0.2) is 4.39 Å². The van der Waals surface area contributed by atoms with E-state index in [0.29, 0.717) is 36.8 Å². The van der Waals surface area contributed by atoms with Crippen molar-refractivity contribution in [1.29, 1.82) is 0 Å². The lowest BCUT2D eigenvalue weighted by molar-refractivity contribution is -0.128. The van der Waals surface area contributed by atoms with Crippen LogP contribution >= 0.6 is 23.2 Å². The summed E-state index contributed by atoms with van der Waals surface area (Å²) in [6, 6.07) is 18.1. The molecule has 2 heterocycles. The highest BCUT2D eigenvalue weighted by Gasteiger charge is 2.56. The lowest BCUT2D eigenvalue weighted by atomic mass is 9.78. The van der Waals surface area contributed by atoms with E-state index in [9.17, 15) is 9.59 Å². The number of amides is 2. The van der Waals surface area contributed by atoms with Gasteiger partial charge in [0, 0.05) is 35.8 Å². The van der Waals surface area contributed by atoms with Crippen LogP contribution in [0.3, 0.4) is 0 Å². The molecule has 2 aliphatic heterocycles. The summed E-state index contributed by atoms with van der Waals surface area (Å²) in [5.74, 6) is -1.83. The first-order valence-corrected chi connectivity index (χ1v) is 13.4. The Labute approximate surface area is 231 Å². The van der Waals surface area contributed by atoms with E-state index < -0.39 is 23.7 Å². The van der Waals surface area contributed by atoms with Crippen LogP contribution in [-0.2, 0) is 16.1 Å². The Bertz CT molecular complexity index is 1350. The fraction of sp³-hybridized carbons (Fsp3) is 0.310. The smallest absolute Gasteiger partial charge is 0.242 e. The van der Waals surface area contributed by atoms with Gasteiger partial charge >= 0.3 is 0 Å². The van der Waals surface area contributed by atoms with Gasteiger partial charge in [-0.15, -0.1) is 0 Å². The molecule has 2 aliphatic rings. The second kappa shape index (κ2) is 11.3. The van der Waals surface area contributed by atoms with E-state index in [4.69, 9.17) is 27.9 Å². The number of carbonyl (C=O) groups is 2. The van der Waals surface area contributed by atoms with Crippen molar-refractivity contribution in [2.45, 2.75) is 37.9 Å². The molecular weight excluding hydrogens is 528 g/mol. The number of nitrogens with one attached hydrogen (secondary N) is 2. The highest BCUT2D eigenvalue weighted by Crippen LogP contribution is 2.47. The molecule has 0 aromatic heterocycles. The second-order valence-electron chi connectivity index (χ2n) is 9.54. The summed E-state index contributed by atoms with van der Waals surface area (Å²) >= 11 is 12.3. The molecule has 2 amide bonds. The van der Waals surface area contributed by atoms with E-state index in [0.717, 1.165) is 11.3 Å². The fourth-order valence-electron chi connectivity index (χ4n) is 5.76. The number of rotatable bonds is 7. The zero-order valence-corrected chi connectivity index (χ0v) is 22.3. The first-order valence-electron chi connectivity index (χ1n) is 12.6. The maximum atomic E-state index is 15.5. The molecule has 0 spiro atoms. The summed E-state index contributed by atoms with van der Waals surface area (Å²) in [6.45, 7) is 3.29.